The van der Waals surface area contributed by atoms with Crippen molar-refractivity contribution in [3.63, 3.8) is 0 Å². The zero-order valence-corrected chi connectivity index (χ0v) is 9.71. The van der Waals surface area contributed by atoms with E-state index in [1.165, 1.54) is 12.1 Å². The molecule has 0 aliphatic heterocycles. The van der Waals surface area contributed by atoms with Crippen LogP contribution in [0.15, 0.2) is 41.2 Å². The van der Waals surface area contributed by atoms with Crippen LogP contribution in [0.2, 0.25) is 0 Å². The Morgan fingerprint density at radius 2 is 1.79 bits per heavy atom. The number of nitrogen functional groups attached to an aromatic ring is 1. The molecular weight excluding hydrogens is 246 g/mol. The molecule has 0 aliphatic carbocycles. The van der Waals surface area contributed by atoms with E-state index in [4.69, 9.17) is 5.73 Å². The smallest absolute Gasteiger partial charge is 0.272 e. The Hall–Kier alpha value is -2.89. The van der Waals surface area contributed by atoms with Gasteiger partial charge in [-0.3, -0.25) is 14.9 Å². The molecule has 1 aromatic heterocycles. The lowest BCUT2D eigenvalue weighted by atomic mass is 10.1. The van der Waals surface area contributed by atoms with Crippen molar-refractivity contribution in [3.05, 3.63) is 56.9 Å². The number of nitrogens with two attached hydrogens (primary N) is 1. The molecule has 3 aromatic rings. The highest BCUT2D eigenvalue weighted by Gasteiger charge is 2.13. The second-order valence-corrected chi connectivity index (χ2v) is 4.21. The summed E-state index contributed by atoms with van der Waals surface area (Å²) in [6, 6.07) is 9.59. The van der Waals surface area contributed by atoms with Gasteiger partial charge in [0.15, 0.2) is 0 Å². The molecule has 0 unspecified atom stereocenters. The molecule has 0 radical (unpaired) electrons. The molecule has 19 heavy (non-hydrogen) atoms. The van der Waals surface area contributed by atoms with Crippen LogP contribution in [0.25, 0.3) is 21.7 Å². The second kappa shape index (κ2) is 3.81. The predicted octanol–water partition coefficient (Wildman–Crippen LogP) is 2.17. The Balaban J connectivity index is 2.59. The summed E-state index contributed by atoms with van der Waals surface area (Å²) in [6.45, 7) is 0. The van der Waals surface area contributed by atoms with Gasteiger partial charge in [0.1, 0.15) is 0 Å². The largest absolute Gasteiger partial charge is 0.397 e. The average molecular weight is 255 g/mol. The number of nitrogens with one attached hydrogen (secondary N) is 1. The Kier molecular flexibility index (Phi) is 2.25. The van der Waals surface area contributed by atoms with Crippen LogP contribution in [0, 0.1) is 10.1 Å². The number of non-ortho nitro benzene ring substituents is 1. The van der Waals surface area contributed by atoms with Gasteiger partial charge in [0.2, 0.25) is 0 Å². The molecule has 0 spiro atoms. The summed E-state index contributed by atoms with van der Waals surface area (Å²) in [5.41, 5.74) is 6.04. The molecule has 0 saturated heterocycles. The summed E-state index contributed by atoms with van der Waals surface area (Å²) >= 11 is 0. The van der Waals surface area contributed by atoms with Gasteiger partial charge in [-0.25, -0.2) is 0 Å². The molecular formula is C13H9N3O3. The van der Waals surface area contributed by atoms with Crippen LogP contribution in [-0.4, -0.2) is 9.91 Å². The van der Waals surface area contributed by atoms with Gasteiger partial charge in [0.25, 0.3) is 11.2 Å². The lowest BCUT2D eigenvalue weighted by Crippen LogP contribution is -2.07. The highest BCUT2D eigenvalue weighted by molar-refractivity contribution is 6.09. The fourth-order valence-corrected chi connectivity index (χ4v) is 2.20. The van der Waals surface area contributed by atoms with Crippen LogP contribution in [-0.2, 0) is 0 Å². The molecule has 0 aliphatic rings. The average Bonchev–Trinajstić information content (AvgIpc) is 2.40. The normalized spacial score (nSPS) is 10.9. The number of benzene rings is 2. The van der Waals surface area contributed by atoms with Gasteiger partial charge >= 0.3 is 0 Å². The van der Waals surface area contributed by atoms with Crippen molar-refractivity contribution >= 4 is 33.1 Å². The highest BCUT2D eigenvalue weighted by atomic mass is 16.6. The number of hydrogen-bond donors (Lipinski definition) is 2. The highest BCUT2D eigenvalue weighted by Crippen LogP contribution is 2.29. The van der Waals surface area contributed by atoms with E-state index in [2.05, 4.69) is 4.98 Å². The van der Waals surface area contributed by atoms with Crippen LogP contribution in [0.3, 0.4) is 0 Å². The molecule has 0 bridgehead atoms. The molecule has 6 nitrogen and oxygen atoms in total. The van der Waals surface area contributed by atoms with E-state index in [1.54, 1.807) is 24.3 Å². The topological polar surface area (TPSA) is 102 Å². The molecule has 6 heteroatoms. The number of H-pyrrole nitrogens is 1. The minimum atomic E-state index is -0.504. The first-order chi connectivity index (χ1) is 9.08. The summed E-state index contributed by atoms with van der Waals surface area (Å²) < 4.78 is 0. The first-order valence-corrected chi connectivity index (χ1v) is 5.56. The number of hydrogen-bond acceptors (Lipinski definition) is 4. The lowest BCUT2D eigenvalue weighted by Gasteiger charge is -2.06. The number of fused-ring (bicyclic) bond motifs is 3. The van der Waals surface area contributed by atoms with E-state index in [9.17, 15) is 14.9 Å². The van der Waals surface area contributed by atoms with Gasteiger partial charge in [0.05, 0.1) is 16.1 Å². The number of nitrogens with zero attached hydrogens (tertiary/aromatic N) is 1. The number of nitro benzene ring substituents is 1. The molecule has 0 atom stereocenters. The number of aromatic nitrogens is 1. The first-order valence-electron chi connectivity index (χ1n) is 5.56. The SMILES string of the molecule is Nc1cc([N+](=O)[O-])cc2c1[nH]c(=O)c1ccccc12. The number of rotatable bonds is 1. The predicted molar refractivity (Wildman–Crippen MR) is 73.1 cm³/mol. The maximum Gasteiger partial charge on any atom is 0.272 e. The van der Waals surface area contributed by atoms with Gasteiger partial charge < -0.3 is 10.7 Å². The van der Waals surface area contributed by atoms with Gasteiger partial charge in [-0.15, -0.1) is 0 Å². The Bertz CT molecular complexity index is 883. The molecule has 0 amide bonds. The minimum absolute atomic E-state index is 0.0952. The third-order valence-electron chi connectivity index (χ3n) is 3.06. The third-order valence-corrected chi connectivity index (χ3v) is 3.06. The third kappa shape index (κ3) is 1.61. The molecule has 3 rings (SSSR count). The van der Waals surface area contributed by atoms with Crippen molar-refractivity contribution in [2.24, 2.45) is 0 Å². The number of aromatic amines is 1. The fraction of sp³-hybridized carbons (Fsp3) is 0. The number of nitro groups is 1. The summed E-state index contributed by atoms with van der Waals surface area (Å²) in [5.74, 6) is 0. The van der Waals surface area contributed by atoms with Crippen molar-refractivity contribution in [2.75, 3.05) is 5.73 Å². The quantitative estimate of drug-likeness (QED) is 0.301. The zero-order valence-electron chi connectivity index (χ0n) is 9.71. The van der Waals surface area contributed by atoms with Crippen LogP contribution < -0.4 is 11.3 Å². The van der Waals surface area contributed by atoms with Crippen LogP contribution in [0.5, 0.6) is 0 Å². The Morgan fingerprint density at radius 3 is 2.47 bits per heavy atom. The summed E-state index contributed by atoms with van der Waals surface area (Å²) in [4.78, 5) is 25.0. The summed E-state index contributed by atoms with van der Waals surface area (Å²) in [7, 11) is 0. The van der Waals surface area contributed by atoms with Crippen LogP contribution in [0.1, 0.15) is 0 Å². The number of pyridine rings is 1. The fourth-order valence-electron chi connectivity index (χ4n) is 2.20. The van der Waals surface area contributed by atoms with Gasteiger partial charge in [0, 0.05) is 22.9 Å². The minimum Gasteiger partial charge on any atom is -0.397 e. The monoisotopic (exact) mass is 255 g/mol. The van der Waals surface area contributed by atoms with Crippen LogP contribution >= 0.6 is 0 Å². The van der Waals surface area contributed by atoms with Crippen LogP contribution in [0.4, 0.5) is 11.4 Å². The second-order valence-electron chi connectivity index (χ2n) is 4.21. The molecule has 3 N–H and O–H groups in total. The molecule has 0 saturated carbocycles. The van der Waals surface area contributed by atoms with Crippen molar-refractivity contribution in [1.82, 2.24) is 4.98 Å². The van der Waals surface area contributed by atoms with Crippen molar-refractivity contribution in [1.29, 1.82) is 0 Å². The lowest BCUT2D eigenvalue weighted by molar-refractivity contribution is -0.384. The van der Waals surface area contributed by atoms with Crippen molar-refractivity contribution in [3.8, 4) is 0 Å². The molecule has 94 valence electrons. The standard InChI is InChI=1S/C13H9N3O3/c14-11-6-7(16(18)19)5-10-8-3-1-2-4-9(8)13(17)15-12(10)11/h1-6H,14H2,(H,15,17). The summed E-state index contributed by atoms with van der Waals surface area (Å²) in [6.07, 6.45) is 0. The van der Waals surface area contributed by atoms with Gasteiger partial charge in [-0.1, -0.05) is 18.2 Å². The molecule has 2 aromatic carbocycles. The Morgan fingerprint density at radius 1 is 1.11 bits per heavy atom. The van der Waals surface area contributed by atoms with E-state index < -0.39 is 4.92 Å². The zero-order chi connectivity index (χ0) is 13.6. The van der Waals surface area contributed by atoms with Crippen molar-refractivity contribution in [2.45, 2.75) is 0 Å². The van der Waals surface area contributed by atoms with E-state index in [0.717, 1.165) is 0 Å². The van der Waals surface area contributed by atoms with Gasteiger partial charge in [-0.2, -0.15) is 0 Å². The van der Waals surface area contributed by atoms with E-state index in [1.807, 2.05) is 0 Å². The van der Waals surface area contributed by atoms with E-state index >= 15 is 0 Å². The van der Waals surface area contributed by atoms with E-state index in [0.29, 0.717) is 21.7 Å². The maximum atomic E-state index is 11.9. The summed E-state index contributed by atoms with van der Waals surface area (Å²) in [5, 5.41) is 12.6. The van der Waals surface area contributed by atoms with Crippen molar-refractivity contribution < 1.29 is 4.92 Å². The molecule has 0 fully saturated rings. The maximum absolute atomic E-state index is 11.9. The Labute approximate surface area is 106 Å². The van der Waals surface area contributed by atoms with E-state index in [-0.39, 0.29) is 16.9 Å². The molecule has 1 heterocycles. The first kappa shape index (κ1) is 11.2. The van der Waals surface area contributed by atoms with Gasteiger partial charge in [-0.05, 0) is 11.5 Å². The number of anilines is 1.